The SMILES string of the molecule is COC(=O)c1ccccc1NC(=O)c1cc(C(=O)Nc2ccccc2F)ccn1. The van der Waals surface area contributed by atoms with Gasteiger partial charge in [0.1, 0.15) is 11.5 Å². The molecular formula is C21H16FN3O4. The predicted molar refractivity (Wildman–Crippen MR) is 104 cm³/mol. The van der Waals surface area contributed by atoms with E-state index in [9.17, 15) is 18.8 Å². The van der Waals surface area contributed by atoms with Gasteiger partial charge in [-0.1, -0.05) is 24.3 Å². The van der Waals surface area contributed by atoms with E-state index in [4.69, 9.17) is 4.74 Å². The van der Waals surface area contributed by atoms with Crippen molar-refractivity contribution in [3.05, 3.63) is 89.5 Å². The molecule has 0 aliphatic carbocycles. The highest BCUT2D eigenvalue weighted by molar-refractivity contribution is 6.09. The van der Waals surface area contributed by atoms with Crippen molar-refractivity contribution in [1.29, 1.82) is 0 Å². The Balaban J connectivity index is 1.79. The number of amides is 2. The summed E-state index contributed by atoms with van der Waals surface area (Å²) >= 11 is 0. The quantitative estimate of drug-likeness (QED) is 0.647. The van der Waals surface area contributed by atoms with Gasteiger partial charge in [-0.3, -0.25) is 14.6 Å². The average molecular weight is 393 g/mol. The molecule has 0 saturated heterocycles. The Morgan fingerprint density at radius 1 is 0.897 bits per heavy atom. The third-order valence-corrected chi connectivity index (χ3v) is 3.96. The van der Waals surface area contributed by atoms with Crippen LogP contribution < -0.4 is 10.6 Å². The Labute approximate surface area is 165 Å². The number of para-hydroxylation sites is 2. The lowest BCUT2D eigenvalue weighted by Gasteiger charge is -2.10. The molecule has 0 spiro atoms. The normalized spacial score (nSPS) is 10.1. The number of hydrogen-bond donors (Lipinski definition) is 2. The molecular weight excluding hydrogens is 377 g/mol. The number of nitrogens with one attached hydrogen (secondary N) is 2. The molecule has 0 saturated carbocycles. The van der Waals surface area contributed by atoms with Crippen LogP contribution in [0.25, 0.3) is 0 Å². The zero-order valence-electron chi connectivity index (χ0n) is 15.3. The van der Waals surface area contributed by atoms with E-state index in [0.29, 0.717) is 0 Å². The summed E-state index contributed by atoms with van der Waals surface area (Å²) in [7, 11) is 1.24. The van der Waals surface area contributed by atoms with Crippen molar-refractivity contribution < 1.29 is 23.5 Å². The average Bonchev–Trinajstić information content (AvgIpc) is 2.75. The van der Waals surface area contributed by atoms with Crippen LogP contribution in [0, 0.1) is 5.82 Å². The lowest BCUT2D eigenvalue weighted by Crippen LogP contribution is -2.18. The Kier molecular flexibility index (Phi) is 5.94. The van der Waals surface area contributed by atoms with Crippen LogP contribution in [0.15, 0.2) is 66.9 Å². The van der Waals surface area contributed by atoms with Gasteiger partial charge in [-0.25, -0.2) is 9.18 Å². The van der Waals surface area contributed by atoms with Crippen LogP contribution in [0.1, 0.15) is 31.2 Å². The number of benzene rings is 2. The summed E-state index contributed by atoms with van der Waals surface area (Å²) in [5.41, 5.74) is 0.511. The Hall–Kier alpha value is -4.07. The second-order valence-electron chi connectivity index (χ2n) is 5.86. The first-order chi connectivity index (χ1) is 14.0. The molecule has 0 aliphatic heterocycles. The molecule has 2 N–H and O–H groups in total. The molecule has 3 aromatic rings. The largest absolute Gasteiger partial charge is 0.465 e. The minimum absolute atomic E-state index is 0.0207. The van der Waals surface area contributed by atoms with Crippen molar-refractivity contribution in [2.75, 3.05) is 17.7 Å². The van der Waals surface area contributed by atoms with Gasteiger partial charge in [0.25, 0.3) is 11.8 Å². The summed E-state index contributed by atoms with van der Waals surface area (Å²) in [5, 5.41) is 5.01. The Morgan fingerprint density at radius 2 is 1.55 bits per heavy atom. The molecule has 7 nitrogen and oxygen atoms in total. The smallest absolute Gasteiger partial charge is 0.339 e. The van der Waals surface area contributed by atoms with Crippen LogP contribution in [0.2, 0.25) is 0 Å². The summed E-state index contributed by atoms with van der Waals surface area (Å²) in [6.45, 7) is 0. The predicted octanol–water partition coefficient (Wildman–Crippen LogP) is 3.51. The van der Waals surface area contributed by atoms with Crippen molar-refractivity contribution in [3.8, 4) is 0 Å². The van der Waals surface area contributed by atoms with Gasteiger partial charge < -0.3 is 15.4 Å². The highest BCUT2D eigenvalue weighted by Crippen LogP contribution is 2.18. The topological polar surface area (TPSA) is 97.4 Å². The van der Waals surface area contributed by atoms with Gasteiger partial charge >= 0.3 is 5.97 Å². The molecule has 29 heavy (non-hydrogen) atoms. The van der Waals surface area contributed by atoms with E-state index >= 15 is 0 Å². The maximum Gasteiger partial charge on any atom is 0.339 e. The number of pyridine rings is 1. The number of hydrogen-bond acceptors (Lipinski definition) is 5. The number of carbonyl (C=O) groups excluding carboxylic acids is 3. The summed E-state index contributed by atoms with van der Waals surface area (Å²) in [6.07, 6.45) is 1.29. The van der Waals surface area contributed by atoms with Crippen molar-refractivity contribution in [1.82, 2.24) is 4.98 Å². The van der Waals surface area contributed by atoms with Gasteiger partial charge in [-0.15, -0.1) is 0 Å². The zero-order valence-corrected chi connectivity index (χ0v) is 15.3. The third kappa shape index (κ3) is 4.62. The molecule has 0 bridgehead atoms. The van der Waals surface area contributed by atoms with Crippen LogP contribution in [0.5, 0.6) is 0 Å². The minimum atomic E-state index is -0.623. The Morgan fingerprint density at radius 3 is 2.28 bits per heavy atom. The second-order valence-corrected chi connectivity index (χ2v) is 5.86. The van der Waals surface area contributed by atoms with Crippen molar-refractivity contribution in [2.24, 2.45) is 0 Å². The van der Waals surface area contributed by atoms with Gasteiger partial charge in [-0.05, 0) is 36.4 Å². The molecule has 8 heteroatoms. The number of esters is 1. The molecule has 1 aromatic heterocycles. The number of rotatable bonds is 5. The minimum Gasteiger partial charge on any atom is -0.465 e. The highest BCUT2D eigenvalue weighted by Gasteiger charge is 2.17. The van der Waals surface area contributed by atoms with Crippen molar-refractivity contribution in [3.63, 3.8) is 0 Å². The molecule has 0 unspecified atom stereocenters. The molecule has 0 aliphatic rings. The van der Waals surface area contributed by atoms with Crippen molar-refractivity contribution in [2.45, 2.75) is 0 Å². The van der Waals surface area contributed by atoms with Gasteiger partial charge in [0.05, 0.1) is 24.0 Å². The Bertz CT molecular complexity index is 1080. The van der Waals surface area contributed by atoms with Crippen LogP contribution >= 0.6 is 0 Å². The van der Waals surface area contributed by atoms with Gasteiger partial charge in [-0.2, -0.15) is 0 Å². The number of aromatic nitrogens is 1. The molecule has 0 radical (unpaired) electrons. The lowest BCUT2D eigenvalue weighted by atomic mass is 10.1. The van der Waals surface area contributed by atoms with E-state index in [1.165, 1.54) is 49.7 Å². The van der Waals surface area contributed by atoms with E-state index in [-0.39, 0.29) is 28.2 Å². The van der Waals surface area contributed by atoms with Gasteiger partial charge in [0.2, 0.25) is 0 Å². The van der Waals surface area contributed by atoms with E-state index in [1.807, 2.05) is 0 Å². The first kappa shape index (κ1) is 19.7. The molecule has 2 amide bonds. The monoisotopic (exact) mass is 393 g/mol. The molecule has 146 valence electrons. The van der Waals surface area contributed by atoms with Gasteiger partial charge in [0.15, 0.2) is 0 Å². The number of nitrogens with zero attached hydrogens (tertiary/aromatic N) is 1. The fourth-order valence-electron chi connectivity index (χ4n) is 2.52. The number of halogens is 1. The number of anilines is 2. The number of carbonyl (C=O) groups is 3. The van der Waals surface area contributed by atoms with E-state index < -0.39 is 23.6 Å². The lowest BCUT2D eigenvalue weighted by molar-refractivity contribution is 0.0601. The van der Waals surface area contributed by atoms with E-state index in [2.05, 4.69) is 15.6 Å². The summed E-state index contributed by atoms with van der Waals surface area (Å²) in [6, 6.07) is 14.7. The molecule has 0 fully saturated rings. The van der Waals surface area contributed by atoms with Crippen LogP contribution in [-0.2, 0) is 4.74 Å². The summed E-state index contributed by atoms with van der Waals surface area (Å²) in [5.74, 6) is -2.40. The number of ether oxygens (including phenoxy) is 1. The van der Waals surface area contributed by atoms with Crippen LogP contribution in [-0.4, -0.2) is 29.9 Å². The maximum atomic E-state index is 13.7. The standard InChI is InChI=1S/C21H16FN3O4/c1-29-21(28)14-6-2-4-8-16(14)24-20(27)18-12-13(10-11-23-18)19(26)25-17-9-5-3-7-15(17)22/h2-12H,1H3,(H,24,27)(H,25,26). The fourth-order valence-corrected chi connectivity index (χ4v) is 2.52. The highest BCUT2D eigenvalue weighted by atomic mass is 19.1. The van der Waals surface area contributed by atoms with Crippen LogP contribution in [0.3, 0.4) is 0 Å². The first-order valence-corrected chi connectivity index (χ1v) is 8.50. The molecule has 2 aromatic carbocycles. The van der Waals surface area contributed by atoms with Crippen molar-refractivity contribution >= 4 is 29.2 Å². The van der Waals surface area contributed by atoms with E-state index in [1.54, 1.807) is 24.3 Å². The maximum absolute atomic E-state index is 13.7. The number of methoxy groups -OCH3 is 1. The summed E-state index contributed by atoms with van der Waals surface area (Å²) < 4.78 is 18.4. The van der Waals surface area contributed by atoms with Gasteiger partial charge in [0, 0.05) is 11.8 Å². The molecule has 1 heterocycles. The third-order valence-electron chi connectivity index (χ3n) is 3.96. The van der Waals surface area contributed by atoms with E-state index in [0.717, 1.165) is 0 Å². The zero-order chi connectivity index (χ0) is 20.8. The second kappa shape index (κ2) is 8.75. The van der Waals surface area contributed by atoms with Crippen LogP contribution in [0.4, 0.5) is 15.8 Å². The molecule has 0 atom stereocenters. The molecule has 3 rings (SSSR count). The first-order valence-electron chi connectivity index (χ1n) is 8.50. The fraction of sp³-hybridized carbons (Fsp3) is 0.0476. The summed E-state index contributed by atoms with van der Waals surface area (Å²) in [4.78, 5) is 40.7.